The second-order valence-electron chi connectivity index (χ2n) is 2.03. The third-order valence-electron chi connectivity index (χ3n) is 1.27. The monoisotopic (exact) mass is 171 g/mol. The van der Waals surface area contributed by atoms with Crippen molar-refractivity contribution < 1.29 is 9.31 Å². The van der Waals surface area contributed by atoms with Crippen molar-refractivity contribution in [2.45, 2.75) is 0 Å². The summed E-state index contributed by atoms with van der Waals surface area (Å²) in [7, 11) is 1.48. The molecule has 0 aliphatic carbocycles. The van der Waals surface area contributed by atoms with Crippen LogP contribution in [0.2, 0.25) is 0 Å². The van der Waals surface area contributed by atoms with Crippen molar-refractivity contribution in [3.63, 3.8) is 0 Å². The summed E-state index contributed by atoms with van der Waals surface area (Å²) in [6, 6.07) is 0.818. The lowest BCUT2D eigenvalue weighted by Crippen LogP contribution is -1.99. The van der Waals surface area contributed by atoms with Gasteiger partial charge in [-0.05, 0) is 0 Å². The fourth-order valence-electron chi connectivity index (χ4n) is 0.760. The smallest absolute Gasteiger partial charge is 0.314 e. The first kappa shape index (κ1) is 8.38. The molecule has 0 bridgehead atoms. The first-order chi connectivity index (χ1) is 5.65. The minimum absolute atomic E-state index is 0.0569. The predicted molar refractivity (Wildman–Crippen MR) is 40.4 cm³/mol. The number of halogens is 1. The van der Waals surface area contributed by atoms with E-state index in [1.165, 1.54) is 7.05 Å². The van der Waals surface area contributed by atoms with Gasteiger partial charge in [-0.15, -0.1) is 0 Å². The molecular weight excluding hydrogens is 165 g/mol. The van der Waals surface area contributed by atoms with Gasteiger partial charge in [0.25, 0.3) is 0 Å². The lowest BCUT2D eigenvalue weighted by atomic mass is 10.4. The van der Waals surface area contributed by atoms with Crippen LogP contribution in [0.3, 0.4) is 0 Å². The van der Waals surface area contributed by atoms with Gasteiger partial charge in [-0.1, -0.05) is 0 Å². The SMILES string of the molecule is CNc1ncc(F)cc1[N+](=O)[O-]. The van der Waals surface area contributed by atoms with Crippen molar-refractivity contribution in [1.82, 2.24) is 4.98 Å². The van der Waals surface area contributed by atoms with Crippen LogP contribution in [0, 0.1) is 15.9 Å². The molecule has 1 rings (SSSR count). The minimum Gasteiger partial charge on any atom is -0.367 e. The fraction of sp³-hybridized carbons (Fsp3) is 0.167. The van der Waals surface area contributed by atoms with Crippen LogP contribution in [0.15, 0.2) is 12.3 Å². The highest BCUT2D eigenvalue weighted by Gasteiger charge is 2.14. The van der Waals surface area contributed by atoms with Gasteiger partial charge < -0.3 is 5.32 Å². The Balaban J connectivity index is 3.21. The molecule has 0 saturated heterocycles. The van der Waals surface area contributed by atoms with E-state index in [1.54, 1.807) is 0 Å². The zero-order chi connectivity index (χ0) is 9.14. The molecule has 1 aromatic rings. The van der Waals surface area contributed by atoms with Gasteiger partial charge in [-0.2, -0.15) is 0 Å². The van der Waals surface area contributed by atoms with E-state index in [2.05, 4.69) is 10.3 Å². The quantitative estimate of drug-likeness (QED) is 0.535. The number of anilines is 1. The van der Waals surface area contributed by atoms with Crippen LogP contribution in [0.1, 0.15) is 0 Å². The topological polar surface area (TPSA) is 68.1 Å². The molecule has 1 N–H and O–H groups in total. The van der Waals surface area contributed by atoms with E-state index >= 15 is 0 Å². The molecule has 0 atom stereocenters. The molecule has 0 aliphatic rings. The van der Waals surface area contributed by atoms with Gasteiger partial charge >= 0.3 is 5.69 Å². The Bertz CT molecular complexity index is 316. The molecular formula is C6H6FN3O2. The molecule has 0 amide bonds. The predicted octanol–water partition coefficient (Wildman–Crippen LogP) is 1.17. The summed E-state index contributed by atoms with van der Waals surface area (Å²) in [6.45, 7) is 0. The molecule has 0 aliphatic heterocycles. The minimum atomic E-state index is -0.722. The number of nitrogens with one attached hydrogen (secondary N) is 1. The van der Waals surface area contributed by atoms with Gasteiger partial charge in [0.1, 0.15) is 5.82 Å². The Hall–Kier alpha value is -1.72. The molecule has 5 nitrogen and oxygen atoms in total. The largest absolute Gasteiger partial charge is 0.367 e. The van der Waals surface area contributed by atoms with Gasteiger partial charge in [0, 0.05) is 7.05 Å². The zero-order valence-electron chi connectivity index (χ0n) is 6.24. The van der Waals surface area contributed by atoms with E-state index in [-0.39, 0.29) is 11.5 Å². The summed E-state index contributed by atoms with van der Waals surface area (Å²) in [5, 5.41) is 12.8. The number of hydrogen-bond donors (Lipinski definition) is 1. The highest BCUT2D eigenvalue weighted by atomic mass is 19.1. The third-order valence-corrected chi connectivity index (χ3v) is 1.27. The highest BCUT2D eigenvalue weighted by Crippen LogP contribution is 2.20. The summed E-state index contributed by atoms with van der Waals surface area (Å²) >= 11 is 0. The Kier molecular flexibility index (Phi) is 2.18. The van der Waals surface area contributed by atoms with Gasteiger partial charge in [0.2, 0.25) is 5.82 Å². The van der Waals surface area contributed by atoms with Gasteiger partial charge in [-0.25, -0.2) is 9.37 Å². The van der Waals surface area contributed by atoms with Crippen LogP contribution >= 0.6 is 0 Å². The zero-order valence-corrected chi connectivity index (χ0v) is 6.24. The first-order valence-corrected chi connectivity index (χ1v) is 3.13. The Morgan fingerprint density at radius 1 is 1.75 bits per heavy atom. The van der Waals surface area contributed by atoms with Crippen LogP contribution in [0.5, 0.6) is 0 Å². The van der Waals surface area contributed by atoms with E-state index in [4.69, 9.17) is 0 Å². The molecule has 0 aromatic carbocycles. The number of rotatable bonds is 2. The second-order valence-corrected chi connectivity index (χ2v) is 2.03. The first-order valence-electron chi connectivity index (χ1n) is 3.13. The summed E-state index contributed by atoms with van der Waals surface area (Å²) in [5.74, 6) is -0.665. The standard InChI is InChI=1S/C6H6FN3O2/c1-8-6-5(10(11)12)2-4(7)3-9-6/h2-3H,1H3,(H,8,9). The van der Waals surface area contributed by atoms with Crippen LogP contribution in [-0.4, -0.2) is 17.0 Å². The van der Waals surface area contributed by atoms with Crippen LogP contribution in [0.4, 0.5) is 15.9 Å². The molecule has 6 heteroatoms. The summed E-state index contributed by atoms with van der Waals surface area (Å²) in [4.78, 5) is 13.1. The molecule has 12 heavy (non-hydrogen) atoms. The van der Waals surface area contributed by atoms with Crippen molar-refractivity contribution in [2.75, 3.05) is 12.4 Å². The Morgan fingerprint density at radius 2 is 2.42 bits per heavy atom. The van der Waals surface area contributed by atoms with E-state index in [0.29, 0.717) is 0 Å². The van der Waals surface area contributed by atoms with E-state index in [1.807, 2.05) is 0 Å². The number of aromatic nitrogens is 1. The maximum atomic E-state index is 12.4. The summed E-state index contributed by atoms with van der Waals surface area (Å²) in [5.41, 5.74) is -0.363. The van der Waals surface area contributed by atoms with Crippen LogP contribution < -0.4 is 5.32 Å². The molecule has 1 aromatic heterocycles. The maximum absolute atomic E-state index is 12.4. The van der Waals surface area contributed by atoms with Crippen molar-refractivity contribution in [2.24, 2.45) is 0 Å². The number of hydrogen-bond acceptors (Lipinski definition) is 4. The van der Waals surface area contributed by atoms with Crippen molar-refractivity contribution in [3.8, 4) is 0 Å². The van der Waals surface area contributed by atoms with Gasteiger partial charge in [0.15, 0.2) is 0 Å². The average molecular weight is 171 g/mol. The molecule has 0 spiro atoms. The van der Waals surface area contributed by atoms with Crippen molar-refractivity contribution >= 4 is 11.5 Å². The van der Waals surface area contributed by atoms with Crippen molar-refractivity contribution in [1.29, 1.82) is 0 Å². The molecule has 64 valence electrons. The molecule has 0 fully saturated rings. The normalized spacial score (nSPS) is 9.50. The Morgan fingerprint density at radius 3 is 2.92 bits per heavy atom. The van der Waals surface area contributed by atoms with E-state index in [9.17, 15) is 14.5 Å². The maximum Gasteiger partial charge on any atom is 0.314 e. The van der Waals surface area contributed by atoms with Crippen LogP contribution in [0.25, 0.3) is 0 Å². The number of nitrogens with zero attached hydrogens (tertiary/aromatic N) is 2. The molecule has 0 radical (unpaired) electrons. The number of nitro groups is 1. The average Bonchev–Trinajstić information content (AvgIpc) is 2.04. The lowest BCUT2D eigenvalue weighted by Gasteiger charge is -1.98. The molecule has 1 heterocycles. The van der Waals surface area contributed by atoms with E-state index < -0.39 is 10.7 Å². The lowest BCUT2D eigenvalue weighted by molar-refractivity contribution is -0.384. The van der Waals surface area contributed by atoms with Crippen LogP contribution in [-0.2, 0) is 0 Å². The second kappa shape index (κ2) is 3.12. The Labute approximate surface area is 67.4 Å². The van der Waals surface area contributed by atoms with Gasteiger partial charge in [0.05, 0.1) is 17.2 Å². The van der Waals surface area contributed by atoms with Gasteiger partial charge in [-0.3, -0.25) is 10.1 Å². The number of pyridine rings is 1. The van der Waals surface area contributed by atoms with Crippen molar-refractivity contribution in [3.05, 3.63) is 28.2 Å². The molecule has 0 saturated carbocycles. The van der Waals surface area contributed by atoms with E-state index in [0.717, 1.165) is 12.3 Å². The highest BCUT2D eigenvalue weighted by molar-refractivity contribution is 5.54. The fourth-order valence-corrected chi connectivity index (χ4v) is 0.760. The third kappa shape index (κ3) is 1.47. The summed E-state index contributed by atoms with van der Waals surface area (Å²) in [6.07, 6.45) is 0.916. The molecule has 0 unspecified atom stereocenters. The summed E-state index contributed by atoms with van der Waals surface area (Å²) < 4.78 is 12.4.